The molecular weight excluding hydrogens is 997 g/mol. The smallest absolute Gasteiger partial charge is 0.306 e. The summed E-state index contributed by atoms with van der Waals surface area (Å²) in [4.78, 5) is 38.4. The monoisotopic (exact) mass is 1140 g/mol. The molecule has 6 heteroatoms. The van der Waals surface area contributed by atoms with Gasteiger partial charge in [-0.3, -0.25) is 14.4 Å². The van der Waals surface area contributed by atoms with Gasteiger partial charge in [-0.15, -0.1) is 0 Å². The van der Waals surface area contributed by atoms with Gasteiger partial charge in [-0.25, -0.2) is 0 Å². The predicted molar refractivity (Wildman–Crippen MR) is 353 cm³/mol. The first kappa shape index (κ1) is 78.4. The number of hydrogen-bond donors (Lipinski definition) is 0. The summed E-state index contributed by atoms with van der Waals surface area (Å²) in [7, 11) is 0. The summed E-state index contributed by atoms with van der Waals surface area (Å²) >= 11 is 0. The third-order valence-electron chi connectivity index (χ3n) is 16.3. The molecule has 0 aromatic rings. The van der Waals surface area contributed by atoms with Gasteiger partial charge in [-0.05, 0) is 96.3 Å². The van der Waals surface area contributed by atoms with Crippen LogP contribution in [0.5, 0.6) is 0 Å². The molecule has 0 saturated heterocycles. The average Bonchev–Trinajstić information content (AvgIpc) is 3.47. The van der Waals surface area contributed by atoms with Crippen molar-refractivity contribution in [2.75, 3.05) is 13.2 Å². The van der Waals surface area contributed by atoms with Crippen LogP contribution in [0.3, 0.4) is 0 Å². The molecule has 1 atom stereocenters. The van der Waals surface area contributed by atoms with Crippen molar-refractivity contribution in [3.8, 4) is 0 Å². The molecular formula is C75H138O6. The zero-order valence-electron chi connectivity index (χ0n) is 54.6. The number of unbranched alkanes of at least 4 members (excludes halogenated alkanes) is 48. The normalized spacial score (nSPS) is 12.3. The predicted octanol–water partition coefficient (Wildman–Crippen LogP) is 24.9. The molecule has 0 aliphatic rings. The van der Waals surface area contributed by atoms with Crippen LogP contribution in [0.2, 0.25) is 0 Å². The molecule has 0 aromatic carbocycles. The molecule has 6 nitrogen and oxygen atoms in total. The highest BCUT2D eigenvalue weighted by Gasteiger charge is 2.19. The standard InChI is InChI=1S/C75H138O6/c1-4-7-10-13-16-19-22-25-28-30-32-33-34-35-36-37-38-39-40-41-42-43-44-46-47-50-53-56-59-62-65-68-74(77)80-71-72(70-79-73(76)67-64-61-58-55-52-49-27-24-21-18-15-12-9-6-3)81-75(78)69-66-63-60-57-54-51-48-45-31-29-26-23-20-17-14-11-8-5-2/h15,18,24,27,29-32,72H,4-14,16-17,19-23,25-26,28,33-71H2,1-3H3/b18-15-,27-24-,31-29-,32-30-. The molecule has 0 aromatic heterocycles. The molecule has 0 aliphatic heterocycles. The lowest BCUT2D eigenvalue weighted by atomic mass is 10.0. The third kappa shape index (κ3) is 68.0. The summed E-state index contributed by atoms with van der Waals surface area (Å²) in [5.41, 5.74) is 0. The van der Waals surface area contributed by atoms with Crippen molar-refractivity contribution in [2.24, 2.45) is 0 Å². The SMILES string of the molecule is CCCC/C=C\C/C=C\CCCCCCCC(=O)OCC(COC(=O)CCCCCCCCCCCCCCCCCCCCC/C=C\CCCCCCCCCC)OC(=O)CCCCCCCCC/C=C\CCCCCCCCC. The van der Waals surface area contributed by atoms with E-state index < -0.39 is 6.10 Å². The van der Waals surface area contributed by atoms with Crippen LogP contribution in [0.4, 0.5) is 0 Å². The zero-order chi connectivity index (χ0) is 58.5. The van der Waals surface area contributed by atoms with Crippen LogP contribution in [0.15, 0.2) is 48.6 Å². The largest absolute Gasteiger partial charge is 0.462 e. The maximum Gasteiger partial charge on any atom is 0.306 e. The second kappa shape index (κ2) is 69.9. The summed E-state index contributed by atoms with van der Waals surface area (Å²) < 4.78 is 17.0. The Balaban J connectivity index is 4.18. The number of ether oxygens (including phenoxy) is 3. The fourth-order valence-electron chi connectivity index (χ4n) is 10.8. The average molecular weight is 1140 g/mol. The minimum atomic E-state index is -0.781. The van der Waals surface area contributed by atoms with Crippen molar-refractivity contribution in [3.63, 3.8) is 0 Å². The van der Waals surface area contributed by atoms with E-state index >= 15 is 0 Å². The number of esters is 3. The Labute approximate surface area is 505 Å². The van der Waals surface area contributed by atoms with E-state index in [-0.39, 0.29) is 31.1 Å². The number of carbonyl (C=O) groups is 3. The van der Waals surface area contributed by atoms with Crippen LogP contribution < -0.4 is 0 Å². The summed E-state index contributed by atoms with van der Waals surface area (Å²) in [6.45, 7) is 6.64. The maximum absolute atomic E-state index is 12.9. The Hall–Kier alpha value is -2.63. The maximum atomic E-state index is 12.9. The van der Waals surface area contributed by atoms with Crippen molar-refractivity contribution in [3.05, 3.63) is 48.6 Å². The van der Waals surface area contributed by atoms with Gasteiger partial charge in [0.2, 0.25) is 0 Å². The first-order chi connectivity index (χ1) is 40.0. The molecule has 0 radical (unpaired) electrons. The molecule has 0 amide bonds. The van der Waals surface area contributed by atoms with Crippen LogP contribution in [-0.2, 0) is 28.6 Å². The molecule has 0 rings (SSSR count). The van der Waals surface area contributed by atoms with Crippen LogP contribution in [0, 0.1) is 0 Å². The van der Waals surface area contributed by atoms with E-state index in [0.29, 0.717) is 19.3 Å². The quantitative estimate of drug-likeness (QED) is 0.0261. The van der Waals surface area contributed by atoms with Crippen molar-refractivity contribution in [2.45, 2.75) is 399 Å². The first-order valence-electron chi connectivity index (χ1n) is 36.1. The van der Waals surface area contributed by atoms with E-state index in [1.165, 1.54) is 276 Å². The summed E-state index contributed by atoms with van der Waals surface area (Å²) in [5, 5.41) is 0. The third-order valence-corrected chi connectivity index (χ3v) is 16.3. The number of rotatable bonds is 67. The minimum Gasteiger partial charge on any atom is -0.462 e. The number of carbonyl (C=O) groups excluding carboxylic acids is 3. The van der Waals surface area contributed by atoms with Crippen molar-refractivity contribution < 1.29 is 28.6 Å². The second-order valence-electron chi connectivity index (χ2n) is 24.5. The molecule has 0 heterocycles. The summed E-state index contributed by atoms with van der Waals surface area (Å²) in [6.07, 6.45) is 88.7. The Morgan fingerprint density at radius 2 is 0.457 bits per heavy atom. The van der Waals surface area contributed by atoms with E-state index in [9.17, 15) is 14.4 Å². The van der Waals surface area contributed by atoms with Gasteiger partial charge in [-0.1, -0.05) is 326 Å². The molecule has 0 bridgehead atoms. The van der Waals surface area contributed by atoms with Crippen LogP contribution in [0.1, 0.15) is 393 Å². The highest BCUT2D eigenvalue weighted by atomic mass is 16.6. The Morgan fingerprint density at radius 1 is 0.247 bits per heavy atom. The van der Waals surface area contributed by atoms with E-state index in [0.717, 1.165) is 77.0 Å². The topological polar surface area (TPSA) is 78.9 Å². The van der Waals surface area contributed by atoms with E-state index in [2.05, 4.69) is 69.4 Å². The van der Waals surface area contributed by atoms with Crippen LogP contribution in [-0.4, -0.2) is 37.2 Å². The minimum absolute atomic E-state index is 0.0756. The van der Waals surface area contributed by atoms with Gasteiger partial charge in [0.05, 0.1) is 0 Å². The highest BCUT2D eigenvalue weighted by molar-refractivity contribution is 5.71. The molecule has 0 aliphatic carbocycles. The van der Waals surface area contributed by atoms with E-state index in [1.54, 1.807) is 0 Å². The molecule has 0 saturated carbocycles. The lowest BCUT2D eigenvalue weighted by molar-refractivity contribution is -0.167. The number of hydrogen-bond acceptors (Lipinski definition) is 6. The molecule has 81 heavy (non-hydrogen) atoms. The fraction of sp³-hybridized carbons (Fsp3) is 0.853. The van der Waals surface area contributed by atoms with Crippen LogP contribution in [0.25, 0.3) is 0 Å². The van der Waals surface area contributed by atoms with E-state index in [4.69, 9.17) is 14.2 Å². The van der Waals surface area contributed by atoms with Gasteiger partial charge in [0.25, 0.3) is 0 Å². The Kier molecular flexibility index (Phi) is 67.6. The van der Waals surface area contributed by atoms with Gasteiger partial charge in [0.15, 0.2) is 6.10 Å². The van der Waals surface area contributed by atoms with Gasteiger partial charge in [-0.2, -0.15) is 0 Å². The summed E-state index contributed by atoms with van der Waals surface area (Å²) in [5.74, 6) is -0.870. The Morgan fingerprint density at radius 3 is 0.728 bits per heavy atom. The van der Waals surface area contributed by atoms with Crippen molar-refractivity contribution in [1.29, 1.82) is 0 Å². The van der Waals surface area contributed by atoms with Crippen LogP contribution >= 0.6 is 0 Å². The summed E-state index contributed by atoms with van der Waals surface area (Å²) in [6, 6.07) is 0. The molecule has 0 N–H and O–H groups in total. The van der Waals surface area contributed by atoms with E-state index in [1.807, 2.05) is 0 Å². The Bertz CT molecular complexity index is 1400. The van der Waals surface area contributed by atoms with Gasteiger partial charge < -0.3 is 14.2 Å². The van der Waals surface area contributed by atoms with Gasteiger partial charge in [0, 0.05) is 19.3 Å². The van der Waals surface area contributed by atoms with Crippen molar-refractivity contribution in [1.82, 2.24) is 0 Å². The first-order valence-corrected chi connectivity index (χ1v) is 36.1. The van der Waals surface area contributed by atoms with Crippen molar-refractivity contribution >= 4 is 17.9 Å². The molecule has 1 unspecified atom stereocenters. The fourth-order valence-corrected chi connectivity index (χ4v) is 10.8. The molecule has 474 valence electrons. The zero-order valence-corrected chi connectivity index (χ0v) is 54.6. The lowest BCUT2D eigenvalue weighted by Crippen LogP contribution is -2.30. The molecule has 0 spiro atoms. The second-order valence-corrected chi connectivity index (χ2v) is 24.5. The molecule has 0 fully saturated rings. The van der Waals surface area contributed by atoms with Gasteiger partial charge >= 0.3 is 17.9 Å². The highest BCUT2D eigenvalue weighted by Crippen LogP contribution is 2.18. The van der Waals surface area contributed by atoms with Gasteiger partial charge in [0.1, 0.15) is 13.2 Å². The lowest BCUT2D eigenvalue weighted by Gasteiger charge is -2.18. The number of allylic oxidation sites excluding steroid dienone is 8.